The second kappa shape index (κ2) is 7.14. The summed E-state index contributed by atoms with van der Waals surface area (Å²) in [5.74, 6) is -0.575. The first kappa shape index (κ1) is 17.3. The summed E-state index contributed by atoms with van der Waals surface area (Å²) in [7, 11) is 3.72. The number of aromatic amines is 1. The number of aromatic carboxylic acids is 1. The fourth-order valence-corrected chi connectivity index (χ4v) is 2.62. The SMILES string of the molecule is CNc1ccc(Nc2ncc(C)c(-c3c[nH]c(C(=O)O)c3)n2)cc1NC. The van der Waals surface area contributed by atoms with Gasteiger partial charge in [-0.3, -0.25) is 0 Å². The Bertz CT molecular complexity index is 951. The van der Waals surface area contributed by atoms with Crippen LogP contribution in [0.2, 0.25) is 0 Å². The van der Waals surface area contributed by atoms with Gasteiger partial charge in [-0.05, 0) is 36.8 Å². The molecule has 0 unspecified atom stereocenters. The number of aryl methyl sites for hydroxylation is 1. The normalized spacial score (nSPS) is 10.4. The molecule has 0 saturated heterocycles. The van der Waals surface area contributed by atoms with Gasteiger partial charge < -0.3 is 26.0 Å². The molecule has 8 heteroatoms. The van der Waals surface area contributed by atoms with Crippen molar-refractivity contribution in [1.29, 1.82) is 0 Å². The summed E-state index contributed by atoms with van der Waals surface area (Å²) in [5.41, 5.74) is 5.11. The number of benzene rings is 1. The molecule has 0 spiro atoms. The zero-order valence-electron chi connectivity index (χ0n) is 14.7. The van der Waals surface area contributed by atoms with Crippen molar-refractivity contribution in [3.05, 3.63) is 47.9 Å². The van der Waals surface area contributed by atoms with Crippen molar-refractivity contribution in [3.8, 4) is 11.3 Å². The lowest BCUT2D eigenvalue weighted by atomic mass is 10.1. The lowest BCUT2D eigenvalue weighted by molar-refractivity contribution is 0.0691. The van der Waals surface area contributed by atoms with E-state index in [-0.39, 0.29) is 5.69 Å². The molecular formula is C18H20N6O2. The van der Waals surface area contributed by atoms with Gasteiger partial charge in [0, 0.05) is 37.7 Å². The second-order valence-corrected chi connectivity index (χ2v) is 5.72. The fraction of sp³-hybridized carbons (Fsp3) is 0.167. The van der Waals surface area contributed by atoms with Gasteiger partial charge in [0.2, 0.25) is 5.95 Å². The molecule has 3 rings (SSSR count). The second-order valence-electron chi connectivity index (χ2n) is 5.72. The summed E-state index contributed by atoms with van der Waals surface area (Å²) in [5, 5.41) is 18.5. The molecule has 26 heavy (non-hydrogen) atoms. The Hall–Kier alpha value is -3.55. The minimum atomic E-state index is -1.01. The maximum absolute atomic E-state index is 11.1. The molecule has 2 heterocycles. The Labute approximate surface area is 150 Å². The quantitative estimate of drug-likeness (QED) is 0.462. The first-order chi connectivity index (χ1) is 12.5. The van der Waals surface area contributed by atoms with Crippen LogP contribution in [-0.2, 0) is 0 Å². The van der Waals surface area contributed by atoms with Crippen LogP contribution in [0.15, 0.2) is 36.7 Å². The largest absolute Gasteiger partial charge is 0.477 e. The van der Waals surface area contributed by atoms with E-state index in [0.717, 1.165) is 22.6 Å². The van der Waals surface area contributed by atoms with Gasteiger partial charge in [0.15, 0.2) is 0 Å². The Morgan fingerprint density at radius 3 is 2.58 bits per heavy atom. The van der Waals surface area contributed by atoms with Gasteiger partial charge in [-0.15, -0.1) is 0 Å². The number of nitrogens with zero attached hydrogens (tertiary/aromatic N) is 2. The summed E-state index contributed by atoms with van der Waals surface area (Å²) in [6, 6.07) is 7.39. The minimum Gasteiger partial charge on any atom is -0.477 e. The molecule has 8 nitrogen and oxygen atoms in total. The van der Waals surface area contributed by atoms with Crippen LogP contribution in [0.25, 0.3) is 11.3 Å². The lowest BCUT2D eigenvalue weighted by Crippen LogP contribution is -2.02. The lowest BCUT2D eigenvalue weighted by Gasteiger charge is -2.12. The molecule has 3 aromatic rings. The molecule has 0 radical (unpaired) electrons. The van der Waals surface area contributed by atoms with Gasteiger partial charge >= 0.3 is 5.97 Å². The fourth-order valence-electron chi connectivity index (χ4n) is 2.62. The summed E-state index contributed by atoms with van der Waals surface area (Å²) >= 11 is 0. The van der Waals surface area contributed by atoms with Crippen molar-refractivity contribution >= 4 is 29.0 Å². The van der Waals surface area contributed by atoms with Crippen molar-refractivity contribution < 1.29 is 9.90 Å². The Morgan fingerprint density at radius 1 is 1.15 bits per heavy atom. The molecule has 0 aliphatic rings. The molecule has 134 valence electrons. The molecule has 0 atom stereocenters. The van der Waals surface area contributed by atoms with E-state index in [9.17, 15) is 4.79 Å². The van der Waals surface area contributed by atoms with E-state index in [1.807, 2.05) is 39.2 Å². The van der Waals surface area contributed by atoms with Crippen LogP contribution in [0.3, 0.4) is 0 Å². The zero-order valence-corrected chi connectivity index (χ0v) is 14.7. The summed E-state index contributed by atoms with van der Waals surface area (Å²) in [6.07, 6.45) is 3.34. The number of hydrogen-bond donors (Lipinski definition) is 5. The Balaban J connectivity index is 1.91. The number of carbonyl (C=O) groups is 1. The Morgan fingerprint density at radius 2 is 1.92 bits per heavy atom. The molecule has 1 aromatic carbocycles. The smallest absolute Gasteiger partial charge is 0.352 e. The molecule has 5 N–H and O–H groups in total. The molecule has 2 aromatic heterocycles. The van der Waals surface area contributed by atoms with Crippen LogP contribution in [0.5, 0.6) is 0 Å². The molecule has 0 fully saturated rings. The van der Waals surface area contributed by atoms with Crippen molar-refractivity contribution in [2.45, 2.75) is 6.92 Å². The van der Waals surface area contributed by atoms with E-state index in [1.165, 1.54) is 0 Å². The summed E-state index contributed by atoms with van der Waals surface area (Å²) < 4.78 is 0. The predicted octanol–water partition coefficient (Wildman–Crippen LogP) is 3.31. The third-order valence-electron chi connectivity index (χ3n) is 3.97. The Kier molecular flexibility index (Phi) is 4.74. The predicted molar refractivity (Wildman–Crippen MR) is 102 cm³/mol. The molecule has 0 saturated carbocycles. The highest BCUT2D eigenvalue weighted by molar-refractivity contribution is 5.87. The molecule has 0 aliphatic carbocycles. The van der Waals surface area contributed by atoms with Gasteiger partial charge in [0.05, 0.1) is 17.1 Å². The van der Waals surface area contributed by atoms with E-state index < -0.39 is 5.97 Å². The van der Waals surface area contributed by atoms with Gasteiger partial charge in [0.1, 0.15) is 5.69 Å². The van der Waals surface area contributed by atoms with Crippen LogP contribution < -0.4 is 16.0 Å². The molecule has 0 bridgehead atoms. The van der Waals surface area contributed by atoms with E-state index in [4.69, 9.17) is 5.11 Å². The van der Waals surface area contributed by atoms with Crippen molar-refractivity contribution in [2.75, 3.05) is 30.0 Å². The summed E-state index contributed by atoms with van der Waals surface area (Å²) in [6.45, 7) is 1.88. The van der Waals surface area contributed by atoms with E-state index >= 15 is 0 Å². The van der Waals surface area contributed by atoms with Crippen molar-refractivity contribution in [3.63, 3.8) is 0 Å². The zero-order chi connectivity index (χ0) is 18.7. The van der Waals surface area contributed by atoms with Gasteiger partial charge in [-0.1, -0.05) is 0 Å². The first-order valence-electron chi connectivity index (χ1n) is 8.04. The monoisotopic (exact) mass is 352 g/mol. The van der Waals surface area contributed by atoms with Crippen molar-refractivity contribution in [1.82, 2.24) is 15.0 Å². The third-order valence-corrected chi connectivity index (χ3v) is 3.97. The first-order valence-corrected chi connectivity index (χ1v) is 8.04. The maximum atomic E-state index is 11.1. The van der Waals surface area contributed by atoms with Crippen LogP contribution >= 0.6 is 0 Å². The standard InChI is InChI=1S/C18H20N6O2/c1-10-8-22-18(23-12-4-5-13(19-2)14(7-12)20-3)24-16(10)11-6-15(17(25)26)21-9-11/h4-9,19-21H,1-3H3,(H,25,26)(H,22,23,24). The highest BCUT2D eigenvalue weighted by Crippen LogP contribution is 2.27. The van der Waals surface area contributed by atoms with Crippen LogP contribution in [-0.4, -0.2) is 40.1 Å². The average molecular weight is 352 g/mol. The number of carboxylic acids is 1. The number of hydrogen-bond acceptors (Lipinski definition) is 6. The minimum absolute atomic E-state index is 0.119. The van der Waals surface area contributed by atoms with Gasteiger partial charge in [0.25, 0.3) is 0 Å². The van der Waals surface area contributed by atoms with Gasteiger partial charge in [-0.2, -0.15) is 0 Å². The molecular weight excluding hydrogens is 332 g/mol. The third kappa shape index (κ3) is 3.44. The highest BCUT2D eigenvalue weighted by Gasteiger charge is 2.12. The number of aromatic nitrogens is 3. The number of nitrogens with one attached hydrogen (secondary N) is 4. The van der Waals surface area contributed by atoms with Gasteiger partial charge in [-0.25, -0.2) is 14.8 Å². The van der Waals surface area contributed by atoms with E-state index in [2.05, 4.69) is 30.9 Å². The number of H-pyrrole nitrogens is 1. The molecule has 0 amide bonds. The number of rotatable bonds is 6. The number of carboxylic acid groups (broad SMARTS) is 1. The molecule has 0 aliphatic heterocycles. The number of anilines is 4. The van der Waals surface area contributed by atoms with E-state index in [0.29, 0.717) is 17.2 Å². The maximum Gasteiger partial charge on any atom is 0.352 e. The summed E-state index contributed by atoms with van der Waals surface area (Å²) in [4.78, 5) is 22.6. The van der Waals surface area contributed by atoms with Crippen LogP contribution in [0.4, 0.5) is 23.0 Å². The van der Waals surface area contributed by atoms with E-state index in [1.54, 1.807) is 18.5 Å². The van der Waals surface area contributed by atoms with Crippen LogP contribution in [0, 0.1) is 6.92 Å². The van der Waals surface area contributed by atoms with Crippen LogP contribution in [0.1, 0.15) is 16.1 Å². The highest BCUT2D eigenvalue weighted by atomic mass is 16.4. The topological polar surface area (TPSA) is 115 Å². The average Bonchev–Trinajstić information content (AvgIpc) is 3.13. The van der Waals surface area contributed by atoms with Crippen molar-refractivity contribution in [2.24, 2.45) is 0 Å².